The van der Waals surface area contributed by atoms with Crippen LogP contribution in [0.3, 0.4) is 0 Å². The first-order valence-corrected chi connectivity index (χ1v) is 10.6. The minimum Gasteiger partial charge on any atom is -0.497 e. The number of benzene rings is 1. The van der Waals surface area contributed by atoms with E-state index >= 15 is 0 Å². The van der Waals surface area contributed by atoms with Crippen LogP contribution in [0.1, 0.15) is 22.6 Å². The van der Waals surface area contributed by atoms with Crippen molar-refractivity contribution in [3.05, 3.63) is 58.9 Å². The van der Waals surface area contributed by atoms with E-state index in [0.717, 1.165) is 40.2 Å². The zero-order valence-electron chi connectivity index (χ0n) is 16.3. The van der Waals surface area contributed by atoms with Gasteiger partial charge in [0.15, 0.2) is 11.4 Å². The van der Waals surface area contributed by atoms with Crippen molar-refractivity contribution in [3.63, 3.8) is 0 Å². The molecular formula is C22H18N4O3S. The van der Waals surface area contributed by atoms with Crippen molar-refractivity contribution in [1.29, 1.82) is 0 Å². The third-order valence-corrected chi connectivity index (χ3v) is 6.56. The SMILES string of the molecule is COc1ccc(OCc2ccc(-c3nc4c5c6c(sc5ncn4n3)CCC6)o2)cc1. The molecule has 0 aliphatic heterocycles. The number of methoxy groups -OCH3 is 1. The molecule has 7 nitrogen and oxygen atoms in total. The molecule has 6 rings (SSSR count). The van der Waals surface area contributed by atoms with Gasteiger partial charge in [-0.25, -0.2) is 14.5 Å². The summed E-state index contributed by atoms with van der Waals surface area (Å²) in [6.07, 6.45) is 5.16. The molecule has 0 amide bonds. The Morgan fingerprint density at radius 3 is 2.83 bits per heavy atom. The van der Waals surface area contributed by atoms with Crippen molar-refractivity contribution in [2.45, 2.75) is 25.9 Å². The summed E-state index contributed by atoms with van der Waals surface area (Å²) in [6, 6.07) is 11.2. The van der Waals surface area contributed by atoms with Crippen LogP contribution in [0.2, 0.25) is 0 Å². The van der Waals surface area contributed by atoms with Gasteiger partial charge in [0.2, 0.25) is 5.82 Å². The predicted octanol–water partition coefficient (Wildman–Crippen LogP) is 4.68. The van der Waals surface area contributed by atoms with Crippen LogP contribution in [-0.2, 0) is 19.4 Å². The van der Waals surface area contributed by atoms with Crippen LogP contribution >= 0.6 is 11.3 Å². The quantitative estimate of drug-likeness (QED) is 0.413. The molecule has 0 N–H and O–H groups in total. The molecule has 0 fully saturated rings. The number of thiophene rings is 1. The Labute approximate surface area is 175 Å². The average molecular weight is 418 g/mol. The van der Waals surface area contributed by atoms with Crippen LogP contribution in [0.15, 0.2) is 47.1 Å². The summed E-state index contributed by atoms with van der Waals surface area (Å²) >= 11 is 1.78. The molecule has 4 heterocycles. The third kappa shape index (κ3) is 2.83. The van der Waals surface area contributed by atoms with E-state index in [0.29, 0.717) is 24.0 Å². The molecule has 1 aliphatic rings. The van der Waals surface area contributed by atoms with Crippen molar-refractivity contribution in [2.24, 2.45) is 0 Å². The first kappa shape index (κ1) is 17.5. The molecule has 0 atom stereocenters. The molecule has 0 radical (unpaired) electrons. The molecule has 1 aliphatic carbocycles. The van der Waals surface area contributed by atoms with Crippen molar-refractivity contribution >= 4 is 27.2 Å². The molecule has 1 aromatic carbocycles. The van der Waals surface area contributed by atoms with Gasteiger partial charge in [0.1, 0.15) is 35.0 Å². The van der Waals surface area contributed by atoms with Crippen molar-refractivity contribution in [3.8, 4) is 23.1 Å². The summed E-state index contributed by atoms with van der Waals surface area (Å²) in [7, 11) is 1.64. The highest BCUT2D eigenvalue weighted by molar-refractivity contribution is 7.19. The molecule has 150 valence electrons. The van der Waals surface area contributed by atoms with Gasteiger partial charge in [0.25, 0.3) is 0 Å². The van der Waals surface area contributed by atoms with Crippen LogP contribution in [0.4, 0.5) is 0 Å². The van der Waals surface area contributed by atoms with Crippen LogP contribution < -0.4 is 9.47 Å². The first-order chi connectivity index (χ1) is 14.8. The Hall–Kier alpha value is -3.39. The normalized spacial score (nSPS) is 13.2. The lowest BCUT2D eigenvalue weighted by Gasteiger charge is -2.05. The number of rotatable bonds is 5. The number of fused-ring (bicyclic) bond motifs is 5. The molecule has 0 spiro atoms. The summed E-state index contributed by atoms with van der Waals surface area (Å²) in [5.74, 6) is 3.42. The van der Waals surface area contributed by atoms with Crippen molar-refractivity contribution in [1.82, 2.24) is 19.6 Å². The minimum absolute atomic E-state index is 0.323. The largest absolute Gasteiger partial charge is 0.497 e. The van der Waals surface area contributed by atoms with E-state index in [-0.39, 0.29) is 0 Å². The number of aromatic nitrogens is 4. The molecular weight excluding hydrogens is 400 g/mol. The molecule has 0 unspecified atom stereocenters. The average Bonchev–Trinajstić information content (AvgIpc) is 3.54. The number of ether oxygens (including phenoxy) is 2. The molecule has 0 saturated carbocycles. The molecule has 0 saturated heterocycles. The fourth-order valence-corrected chi connectivity index (χ4v) is 5.12. The van der Waals surface area contributed by atoms with Gasteiger partial charge in [-0.05, 0) is 61.2 Å². The lowest BCUT2D eigenvalue weighted by Crippen LogP contribution is -1.93. The Morgan fingerprint density at radius 2 is 1.97 bits per heavy atom. The smallest absolute Gasteiger partial charge is 0.217 e. The van der Waals surface area contributed by atoms with Crippen LogP contribution in [0, 0.1) is 0 Å². The highest BCUT2D eigenvalue weighted by Crippen LogP contribution is 2.38. The Balaban J connectivity index is 1.28. The fourth-order valence-electron chi connectivity index (χ4n) is 3.90. The van der Waals surface area contributed by atoms with E-state index in [4.69, 9.17) is 18.9 Å². The highest BCUT2D eigenvalue weighted by atomic mass is 32.1. The lowest BCUT2D eigenvalue weighted by atomic mass is 10.2. The van der Waals surface area contributed by atoms with Gasteiger partial charge in [-0.3, -0.25) is 0 Å². The minimum atomic E-state index is 0.323. The summed E-state index contributed by atoms with van der Waals surface area (Å²) in [6.45, 7) is 0.323. The maximum Gasteiger partial charge on any atom is 0.217 e. The van der Waals surface area contributed by atoms with E-state index < -0.39 is 0 Å². The van der Waals surface area contributed by atoms with E-state index in [1.807, 2.05) is 36.4 Å². The predicted molar refractivity (Wildman–Crippen MR) is 113 cm³/mol. The first-order valence-electron chi connectivity index (χ1n) is 9.80. The van der Waals surface area contributed by atoms with E-state index in [9.17, 15) is 0 Å². The van der Waals surface area contributed by atoms with E-state index in [2.05, 4.69) is 10.1 Å². The van der Waals surface area contributed by atoms with E-state index in [1.165, 1.54) is 16.9 Å². The Bertz CT molecular complexity index is 1370. The van der Waals surface area contributed by atoms with Gasteiger partial charge in [-0.2, -0.15) is 0 Å². The Kier molecular flexibility index (Phi) is 3.98. The van der Waals surface area contributed by atoms with E-state index in [1.54, 1.807) is 29.3 Å². The van der Waals surface area contributed by atoms with Crippen LogP contribution in [0.5, 0.6) is 11.5 Å². The second kappa shape index (κ2) is 6.84. The summed E-state index contributed by atoms with van der Waals surface area (Å²) in [4.78, 5) is 11.8. The van der Waals surface area contributed by atoms with Gasteiger partial charge in [-0.1, -0.05) is 0 Å². The number of hydrogen-bond acceptors (Lipinski definition) is 7. The van der Waals surface area contributed by atoms with Gasteiger partial charge >= 0.3 is 0 Å². The second-order valence-electron chi connectivity index (χ2n) is 7.22. The zero-order valence-corrected chi connectivity index (χ0v) is 17.1. The molecule has 4 aromatic heterocycles. The van der Waals surface area contributed by atoms with Crippen LogP contribution in [0.25, 0.3) is 27.4 Å². The maximum atomic E-state index is 5.95. The molecule has 5 aromatic rings. The lowest BCUT2D eigenvalue weighted by molar-refractivity contribution is 0.271. The number of nitrogens with zero attached hydrogens (tertiary/aromatic N) is 4. The van der Waals surface area contributed by atoms with Gasteiger partial charge in [0.05, 0.1) is 12.5 Å². The van der Waals surface area contributed by atoms with Gasteiger partial charge in [-0.15, -0.1) is 16.4 Å². The summed E-state index contributed by atoms with van der Waals surface area (Å²) in [5, 5.41) is 5.73. The standard InChI is InChI=1S/C22H18N4O3S/c1-27-13-5-7-14(8-6-13)28-11-15-9-10-17(29-15)20-24-21-19-16-3-2-4-18(16)30-22(19)23-12-26(21)25-20/h5-10,12H,2-4,11H2,1H3. The monoisotopic (exact) mass is 418 g/mol. The van der Waals surface area contributed by atoms with Gasteiger partial charge < -0.3 is 13.9 Å². The molecule has 8 heteroatoms. The number of hydrogen-bond donors (Lipinski definition) is 0. The molecule has 0 bridgehead atoms. The van der Waals surface area contributed by atoms with Crippen molar-refractivity contribution in [2.75, 3.05) is 7.11 Å². The molecule has 30 heavy (non-hydrogen) atoms. The Morgan fingerprint density at radius 1 is 1.10 bits per heavy atom. The fraction of sp³-hybridized carbons (Fsp3) is 0.227. The summed E-state index contributed by atoms with van der Waals surface area (Å²) in [5.41, 5.74) is 2.24. The maximum absolute atomic E-state index is 5.95. The number of furan rings is 1. The zero-order chi connectivity index (χ0) is 20.1. The highest BCUT2D eigenvalue weighted by Gasteiger charge is 2.22. The van der Waals surface area contributed by atoms with Crippen molar-refractivity contribution < 1.29 is 13.9 Å². The topological polar surface area (TPSA) is 74.7 Å². The third-order valence-electron chi connectivity index (χ3n) is 5.36. The van der Waals surface area contributed by atoms with Gasteiger partial charge in [0, 0.05) is 4.88 Å². The van der Waals surface area contributed by atoms with Crippen LogP contribution in [-0.4, -0.2) is 26.7 Å². The summed E-state index contributed by atoms with van der Waals surface area (Å²) < 4.78 is 18.7. The second-order valence-corrected chi connectivity index (χ2v) is 8.30. The number of aryl methyl sites for hydroxylation is 2.